The van der Waals surface area contributed by atoms with Crippen LogP contribution in [0, 0.1) is 5.82 Å². The van der Waals surface area contributed by atoms with E-state index in [1.165, 1.54) is 31.7 Å². The number of carboxylic acids is 1. The Labute approximate surface area is 199 Å². The number of aromatic carboxylic acids is 1. The normalized spacial score (nSPS) is 10.9. The highest BCUT2D eigenvalue weighted by Crippen LogP contribution is 2.35. The van der Waals surface area contributed by atoms with Gasteiger partial charge in [0.05, 0.1) is 30.8 Å². The summed E-state index contributed by atoms with van der Waals surface area (Å²) < 4.78 is 31.6. The third kappa shape index (κ3) is 4.11. The van der Waals surface area contributed by atoms with Crippen molar-refractivity contribution < 1.29 is 28.5 Å². The number of nitrogens with one attached hydrogen (secondary N) is 1. The van der Waals surface area contributed by atoms with Crippen LogP contribution in [0.1, 0.15) is 15.2 Å². The Morgan fingerprint density at radius 2 is 1.97 bits per heavy atom. The molecule has 2 aromatic carbocycles. The lowest BCUT2D eigenvalue weighted by Gasteiger charge is -2.15. The van der Waals surface area contributed by atoms with Crippen LogP contribution in [0.3, 0.4) is 0 Å². The first-order valence-electron chi connectivity index (χ1n) is 9.58. The van der Waals surface area contributed by atoms with Gasteiger partial charge in [-0.05, 0) is 18.2 Å². The molecule has 0 fully saturated rings. The zero-order valence-corrected chi connectivity index (χ0v) is 19.3. The van der Waals surface area contributed by atoms with Crippen LogP contribution in [0.15, 0.2) is 45.3 Å². The number of fused-ring (bicyclic) bond motifs is 1. The minimum Gasteiger partial charge on any atom is -0.493 e. The van der Waals surface area contributed by atoms with Crippen LogP contribution < -0.4 is 25.5 Å². The molecule has 0 aliphatic heterocycles. The number of aromatic amines is 1. The van der Waals surface area contributed by atoms with E-state index in [1.54, 1.807) is 12.1 Å². The van der Waals surface area contributed by atoms with Gasteiger partial charge in [0, 0.05) is 28.1 Å². The maximum atomic E-state index is 14.7. The van der Waals surface area contributed by atoms with Crippen molar-refractivity contribution in [2.24, 2.45) is 0 Å². The molecule has 0 saturated heterocycles. The minimum absolute atomic E-state index is 0.0524. The van der Waals surface area contributed by atoms with Crippen LogP contribution in [0.5, 0.6) is 17.2 Å². The van der Waals surface area contributed by atoms with Crippen molar-refractivity contribution in [3.05, 3.63) is 77.8 Å². The number of aromatic nitrogens is 2. The van der Waals surface area contributed by atoms with Crippen molar-refractivity contribution >= 4 is 39.8 Å². The molecule has 2 aromatic heterocycles. The van der Waals surface area contributed by atoms with Gasteiger partial charge in [-0.25, -0.2) is 18.5 Å². The molecule has 0 aliphatic rings. The number of nitrogens with zero attached hydrogens (tertiary/aromatic N) is 1. The van der Waals surface area contributed by atoms with Gasteiger partial charge in [0.2, 0.25) is 0 Å². The second-order valence-electron chi connectivity index (χ2n) is 6.93. The first kappa shape index (κ1) is 23.3. The summed E-state index contributed by atoms with van der Waals surface area (Å²) in [5, 5.41) is 10.9. The third-order valence-electron chi connectivity index (χ3n) is 4.92. The summed E-state index contributed by atoms with van der Waals surface area (Å²) >= 11 is 6.90. The largest absolute Gasteiger partial charge is 0.493 e. The molecule has 4 rings (SSSR count). The monoisotopic (exact) mass is 506 g/mol. The molecular formula is C22H16ClFN2O7S. The Balaban J connectivity index is 1.76. The smallest absolute Gasteiger partial charge is 0.346 e. The van der Waals surface area contributed by atoms with Gasteiger partial charge in [0.1, 0.15) is 23.1 Å². The van der Waals surface area contributed by atoms with Gasteiger partial charge in [-0.15, -0.1) is 11.3 Å². The second kappa shape index (κ2) is 9.20. The van der Waals surface area contributed by atoms with E-state index in [4.69, 9.17) is 25.8 Å². The van der Waals surface area contributed by atoms with Crippen LogP contribution >= 0.6 is 22.9 Å². The quantitative estimate of drug-likeness (QED) is 0.391. The van der Waals surface area contributed by atoms with Crippen molar-refractivity contribution in [1.29, 1.82) is 0 Å². The van der Waals surface area contributed by atoms with E-state index in [0.717, 1.165) is 17.4 Å². The van der Waals surface area contributed by atoms with Gasteiger partial charge >= 0.3 is 11.7 Å². The van der Waals surface area contributed by atoms with E-state index in [9.17, 15) is 23.9 Å². The molecule has 4 aromatic rings. The van der Waals surface area contributed by atoms with Gasteiger partial charge in [-0.2, -0.15) is 0 Å². The number of rotatable bonds is 7. The highest BCUT2D eigenvalue weighted by molar-refractivity contribution is 7.13. The number of methoxy groups -OCH3 is 2. The molecule has 0 spiro atoms. The zero-order chi connectivity index (χ0) is 24.6. The third-order valence-corrected chi connectivity index (χ3v) is 6.11. The molecule has 0 bridgehead atoms. The fourth-order valence-corrected chi connectivity index (χ4v) is 4.50. The lowest BCUT2D eigenvalue weighted by molar-refractivity contribution is 0.0704. The van der Waals surface area contributed by atoms with Crippen molar-refractivity contribution in [2.45, 2.75) is 6.61 Å². The van der Waals surface area contributed by atoms with Gasteiger partial charge < -0.3 is 24.3 Å². The lowest BCUT2D eigenvalue weighted by atomic mass is 10.2. The molecule has 9 nitrogen and oxygen atoms in total. The molecule has 0 unspecified atom stereocenters. The molecule has 0 saturated carbocycles. The molecule has 176 valence electrons. The standard InChI is InChI=1S/C22H16ClFN2O7S/c1-31-16-6-11(23)5-10(18(16)32-2)8-33-12-3-4-13(24)15(7-12)26-20(27)17-14(25-22(26)30)9-34-19(17)21(28)29/h3-7,9H,8H2,1-2H3,(H,25,30)(H,28,29). The van der Waals surface area contributed by atoms with Crippen LogP contribution in [0.4, 0.5) is 4.39 Å². The maximum absolute atomic E-state index is 14.7. The highest BCUT2D eigenvalue weighted by Gasteiger charge is 2.21. The van der Waals surface area contributed by atoms with Gasteiger partial charge in [-0.3, -0.25) is 4.79 Å². The molecular weight excluding hydrogens is 491 g/mol. The summed E-state index contributed by atoms with van der Waals surface area (Å²) in [5.41, 5.74) is -1.69. The number of hydrogen-bond donors (Lipinski definition) is 2. The Bertz CT molecular complexity index is 1540. The summed E-state index contributed by atoms with van der Waals surface area (Å²) in [5.74, 6) is -1.30. The number of thiophene rings is 1. The Morgan fingerprint density at radius 3 is 2.65 bits per heavy atom. The van der Waals surface area contributed by atoms with E-state index < -0.39 is 28.7 Å². The Morgan fingerprint density at radius 1 is 1.21 bits per heavy atom. The molecule has 2 N–H and O–H groups in total. The van der Waals surface area contributed by atoms with Crippen LogP contribution in [-0.4, -0.2) is 34.8 Å². The first-order valence-corrected chi connectivity index (χ1v) is 10.8. The molecule has 0 atom stereocenters. The topological polar surface area (TPSA) is 120 Å². The van der Waals surface area contributed by atoms with Crippen LogP contribution in [0.25, 0.3) is 16.6 Å². The summed E-state index contributed by atoms with van der Waals surface area (Å²) in [6.45, 7) is -0.0524. The number of carboxylic acid groups (broad SMARTS) is 1. The number of carbonyl (C=O) groups is 1. The van der Waals surface area contributed by atoms with Gasteiger partial charge in [0.25, 0.3) is 5.56 Å². The molecule has 34 heavy (non-hydrogen) atoms. The minimum atomic E-state index is -1.33. The van der Waals surface area contributed by atoms with E-state index in [0.29, 0.717) is 26.7 Å². The summed E-state index contributed by atoms with van der Waals surface area (Å²) in [6.07, 6.45) is 0. The maximum Gasteiger partial charge on any atom is 0.346 e. The average molecular weight is 507 g/mol. The molecule has 0 aliphatic carbocycles. The molecule has 2 heterocycles. The number of benzene rings is 2. The second-order valence-corrected chi connectivity index (χ2v) is 8.25. The van der Waals surface area contributed by atoms with Crippen molar-refractivity contribution in [2.75, 3.05) is 14.2 Å². The Kier molecular flexibility index (Phi) is 6.31. The summed E-state index contributed by atoms with van der Waals surface area (Å²) in [6, 6.07) is 6.70. The summed E-state index contributed by atoms with van der Waals surface area (Å²) in [7, 11) is 2.91. The SMILES string of the molecule is COc1cc(Cl)cc(COc2ccc(F)c(-n3c(=O)[nH]c4csc(C(=O)O)c4c3=O)c2)c1OC. The van der Waals surface area contributed by atoms with Crippen molar-refractivity contribution in [3.8, 4) is 22.9 Å². The highest BCUT2D eigenvalue weighted by atomic mass is 35.5. The number of H-pyrrole nitrogens is 1. The first-order chi connectivity index (χ1) is 16.2. The lowest BCUT2D eigenvalue weighted by Crippen LogP contribution is -2.34. The fourth-order valence-electron chi connectivity index (χ4n) is 3.44. The van der Waals surface area contributed by atoms with Gasteiger partial charge in [0.15, 0.2) is 11.5 Å². The molecule has 0 radical (unpaired) electrons. The van der Waals surface area contributed by atoms with E-state index in [-0.39, 0.29) is 28.1 Å². The van der Waals surface area contributed by atoms with E-state index in [2.05, 4.69) is 4.98 Å². The average Bonchev–Trinajstić information content (AvgIpc) is 3.23. The van der Waals surface area contributed by atoms with Crippen LogP contribution in [0.2, 0.25) is 5.02 Å². The van der Waals surface area contributed by atoms with Crippen molar-refractivity contribution in [1.82, 2.24) is 9.55 Å². The molecule has 12 heteroatoms. The Hall–Kier alpha value is -3.83. The number of hydrogen-bond acceptors (Lipinski definition) is 7. The predicted molar refractivity (Wildman–Crippen MR) is 124 cm³/mol. The predicted octanol–water partition coefficient (Wildman–Crippen LogP) is 3.83. The van der Waals surface area contributed by atoms with E-state index in [1.807, 2.05) is 0 Å². The van der Waals surface area contributed by atoms with Gasteiger partial charge in [-0.1, -0.05) is 11.6 Å². The van der Waals surface area contributed by atoms with Crippen LogP contribution in [-0.2, 0) is 6.61 Å². The zero-order valence-electron chi connectivity index (χ0n) is 17.7. The molecule has 0 amide bonds. The number of halogens is 2. The fraction of sp³-hybridized carbons (Fsp3) is 0.136. The summed E-state index contributed by atoms with van der Waals surface area (Å²) in [4.78, 5) is 39.2. The number of ether oxygens (including phenoxy) is 3. The van der Waals surface area contributed by atoms with Crippen molar-refractivity contribution in [3.63, 3.8) is 0 Å². The van der Waals surface area contributed by atoms with E-state index >= 15 is 0 Å².